The molecule has 3 heterocycles. The maximum atomic E-state index is 15.1. The van der Waals surface area contributed by atoms with Crippen LogP contribution in [-0.2, 0) is 16.1 Å². The van der Waals surface area contributed by atoms with E-state index in [4.69, 9.17) is 28.3 Å². The van der Waals surface area contributed by atoms with Crippen LogP contribution in [0.2, 0.25) is 10.0 Å². The number of hydrogen-bond donors (Lipinski definition) is 3. The number of unbranched alkanes of at least 4 members (excludes halogenated alkanes) is 1. The average molecular weight is 709 g/mol. The third-order valence-electron chi connectivity index (χ3n) is 9.12. The highest BCUT2D eigenvalue weighted by molar-refractivity contribution is 8.01. The minimum absolute atomic E-state index is 0.00839. The number of urea groups is 1. The van der Waals surface area contributed by atoms with E-state index in [1.54, 1.807) is 4.90 Å². The molecule has 1 aromatic heterocycles. The molecule has 48 heavy (non-hydrogen) atoms. The quantitative estimate of drug-likeness (QED) is 0.165. The number of aliphatic hydroxyl groups excluding tert-OH is 1. The van der Waals surface area contributed by atoms with Gasteiger partial charge in [0.1, 0.15) is 4.75 Å². The summed E-state index contributed by atoms with van der Waals surface area (Å²) < 4.78 is -1.21. The van der Waals surface area contributed by atoms with Crippen molar-refractivity contribution in [3.8, 4) is 0 Å². The number of nitrogens with zero attached hydrogens (tertiary/aromatic N) is 3. The molecule has 0 saturated carbocycles. The van der Waals surface area contributed by atoms with E-state index in [0.717, 1.165) is 32.5 Å². The number of hydrogen-bond acceptors (Lipinski definition) is 5. The molecule has 0 radical (unpaired) electrons. The highest BCUT2D eigenvalue weighted by Crippen LogP contribution is 2.55. The molecule has 3 aromatic carbocycles. The van der Waals surface area contributed by atoms with Crippen molar-refractivity contribution >= 4 is 63.7 Å². The number of aromatic amines is 1. The van der Waals surface area contributed by atoms with E-state index in [1.165, 1.54) is 11.8 Å². The second kappa shape index (κ2) is 14.8. The van der Waals surface area contributed by atoms with Crippen LogP contribution < -0.4 is 5.32 Å². The molecule has 3 N–H and O–H groups in total. The van der Waals surface area contributed by atoms with Gasteiger partial charge in [-0.1, -0.05) is 59.1 Å². The van der Waals surface area contributed by atoms with Gasteiger partial charge in [-0.2, -0.15) is 0 Å². The fourth-order valence-electron chi connectivity index (χ4n) is 6.62. The maximum Gasteiger partial charge on any atom is 0.317 e. The number of halogens is 2. The first-order valence-electron chi connectivity index (χ1n) is 16.2. The van der Waals surface area contributed by atoms with Gasteiger partial charge in [-0.15, -0.1) is 11.8 Å². The number of H-pyrrole nitrogens is 1. The lowest BCUT2D eigenvalue weighted by molar-refractivity contribution is -0.136. The van der Waals surface area contributed by atoms with Gasteiger partial charge < -0.3 is 30.1 Å². The van der Waals surface area contributed by atoms with Crippen LogP contribution in [-0.4, -0.2) is 86.7 Å². The van der Waals surface area contributed by atoms with Crippen LogP contribution in [0.25, 0.3) is 10.9 Å². The first-order valence-corrected chi connectivity index (χ1v) is 17.7. The number of carbonyl (C=O) groups excluding carboxylic acids is 3. The number of aryl methyl sites for hydroxylation is 1. The van der Waals surface area contributed by atoms with Gasteiger partial charge in [0.25, 0.3) is 0 Å². The number of carbonyl (C=O) groups is 3. The van der Waals surface area contributed by atoms with Gasteiger partial charge in [0.2, 0.25) is 11.8 Å². The number of fused-ring (bicyclic) bond motifs is 1. The van der Waals surface area contributed by atoms with Crippen molar-refractivity contribution in [3.63, 3.8) is 0 Å². The predicted molar refractivity (Wildman–Crippen MR) is 190 cm³/mol. The number of aromatic nitrogens is 1. The summed E-state index contributed by atoms with van der Waals surface area (Å²) in [5.74, 6) is -0.247. The summed E-state index contributed by atoms with van der Waals surface area (Å²) in [5.41, 5.74) is 3.67. The van der Waals surface area contributed by atoms with Crippen molar-refractivity contribution in [2.45, 2.75) is 48.4 Å². The molecule has 2 atom stereocenters. The molecular weight excluding hydrogens is 669 g/mol. The van der Waals surface area contributed by atoms with Gasteiger partial charge in [0.05, 0.1) is 12.5 Å². The van der Waals surface area contributed by atoms with Gasteiger partial charge in [-0.3, -0.25) is 9.59 Å². The summed E-state index contributed by atoms with van der Waals surface area (Å²) in [6.07, 6.45) is 3.23. The molecule has 2 aliphatic heterocycles. The van der Waals surface area contributed by atoms with E-state index in [2.05, 4.69) is 10.3 Å². The number of thioether (sulfide) groups is 1. The molecule has 4 aromatic rings. The largest absolute Gasteiger partial charge is 0.396 e. The summed E-state index contributed by atoms with van der Waals surface area (Å²) in [6, 6.07) is 20.3. The minimum atomic E-state index is -1.21. The van der Waals surface area contributed by atoms with E-state index in [-0.39, 0.29) is 30.9 Å². The van der Waals surface area contributed by atoms with Crippen LogP contribution in [0.15, 0.2) is 77.8 Å². The lowest BCUT2D eigenvalue weighted by Gasteiger charge is -2.42. The zero-order chi connectivity index (χ0) is 33.8. The number of likely N-dealkylation sites (tertiary alicyclic amines) is 1. The summed E-state index contributed by atoms with van der Waals surface area (Å²) in [4.78, 5) is 51.8. The Morgan fingerprint density at radius 2 is 1.65 bits per heavy atom. The third kappa shape index (κ3) is 7.17. The Labute approximate surface area is 294 Å². The first kappa shape index (κ1) is 34.2. The second-order valence-electron chi connectivity index (χ2n) is 12.4. The number of nitrogens with one attached hydrogen (secondary N) is 2. The second-order valence-corrected chi connectivity index (χ2v) is 14.7. The van der Waals surface area contributed by atoms with Crippen molar-refractivity contribution in [3.05, 3.63) is 99.7 Å². The minimum Gasteiger partial charge on any atom is -0.396 e. The van der Waals surface area contributed by atoms with Crippen LogP contribution in [0.3, 0.4) is 0 Å². The highest BCUT2D eigenvalue weighted by atomic mass is 35.5. The maximum absolute atomic E-state index is 15.1. The first-order chi connectivity index (χ1) is 23.2. The van der Waals surface area contributed by atoms with Gasteiger partial charge in [-0.25, -0.2) is 4.79 Å². The van der Waals surface area contributed by atoms with Crippen LogP contribution in [0, 0.1) is 6.92 Å². The van der Waals surface area contributed by atoms with E-state index in [0.29, 0.717) is 62.2 Å². The Kier molecular flexibility index (Phi) is 10.6. The van der Waals surface area contributed by atoms with Crippen molar-refractivity contribution in [1.82, 2.24) is 25.0 Å². The molecular formula is C36H39Cl2N5O4S. The molecule has 252 valence electrons. The van der Waals surface area contributed by atoms with Crippen LogP contribution >= 0.6 is 35.0 Å². The summed E-state index contributed by atoms with van der Waals surface area (Å²) in [7, 11) is 0. The Morgan fingerprint density at radius 1 is 0.958 bits per heavy atom. The van der Waals surface area contributed by atoms with Crippen LogP contribution in [0.5, 0.6) is 0 Å². The van der Waals surface area contributed by atoms with E-state index >= 15 is 4.79 Å². The van der Waals surface area contributed by atoms with Crippen molar-refractivity contribution in [2.24, 2.45) is 0 Å². The molecule has 6 rings (SSSR count). The Morgan fingerprint density at radius 3 is 2.35 bits per heavy atom. The normalized spacial score (nSPS) is 19.7. The third-order valence-corrected chi connectivity index (χ3v) is 11.0. The zero-order valence-corrected chi connectivity index (χ0v) is 29.1. The van der Waals surface area contributed by atoms with Gasteiger partial charge in [-0.05, 0) is 61.7 Å². The topological polar surface area (TPSA) is 109 Å². The fraction of sp³-hybridized carbons (Fsp3) is 0.361. The van der Waals surface area contributed by atoms with E-state index in [1.807, 2.05) is 89.7 Å². The Balaban J connectivity index is 1.38. The van der Waals surface area contributed by atoms with Crippen LogP contribution in [0.1, 0.15) is 42.0 Å². The molecule has 9 nitrogen and oxygen atoms in total. The number of amides is 4. The van der Waals surface area contributed by atoms with E-state index < -0.39 is 10.8 Å². The van der Waals surface area contributed by atoms with E-state index in [9.17, 15) is 9.59 Å². The highest BCUT2D eigenvalue weighted by Gasteiger charge is 2.60. The monoisotopic (exact) mass is 707 g/mol. The van der Waals surface area contributed by atoms with Gasteiger partial charge in [0, 0.05) is 83.5 Å². The standard InChI is InChI=1S/C36H39Cl2N5O4S/c1-24-4-11-28(12-5-24)48-36(34(46)41-15-17-42(18-16-41)35(47)39-14-2-3-19-44)21-32(45)43(23-25-6-8-26(37)9-7-25)33(36)30-22-40-31-20-27(38)10-13-29(30)31/h4-13,20,22,33,40,44H,2-3,14-19,21,23H2,1H3,(H,39,47)/t33-,36-/m0/s1. The number of benzene rings is 3. The summed E-state index contributed by atoms with van der Waals surface area (Å²) in [6.45, 7) is 4.34. The fourth-order valence-corrected chi connectivity index (χ4v) is 8.39. The molecule has 2 aliphatic rings. The molecule has 2 fully saturated rings. The molecule has 0 unspecified atom stereocenters. The Hall–Kier alpha value is -3.70. The molecule has 2 saturated heterocycles. The molecule has 0 aliphatic carbocycles. The summed E-state index contributed by atoms with van der Waals surface area (Å²) in [5, 5.41) is 14.0. The van der Waals surface area contributed by atoms with Crippen molar-refractivity contribution < 1.29 is 19.5 Å². The van der Waals surface area contributed by atoms with Gasteiger partial charge in [0.15, 0.2) is 0 Å². The predicted octanol–water partition coefficient (Wildman–Crippen LogP) is 6.41. The summed E-state index contributed by atoms with van der Waals surface area (Å²) >= 11 is 14.0. The van der Waals surface area contributed by atoms with Crippen LogP contribution in [0.4, 0.5) is 4.79 Å². The zero-order valence-electron chi connectivity index (χ0n) is 26.8. The average Bonchev–Trinajstić information content (AvgIpc) is 3.61. The Bertz CT molecular complexity index is 1780. The number of piperazine rings is 1. The molecule has 4 amide bonds. The SMILES string of the molecule is Cc1ccc(S[C@@]2(C(=O)N3CCN(C(=O)NCCCCO)CC3)CC(=O)N(Cc3ccc(Cl)cc3)[C@H]2c2c[nH]c3cc(Cl)ccc23)cc1. The van der Waals surface area contributed by atoms with Gasteiger partial charge >= 0.3 is 6.03 Å². The molecule has 12 heteroatoms. The smallest absolute Gasteiger partial charge is 0.317 e. The molecule has 0 bridgehead atoms. The van der Waals surface area contributed by atoms with Crippen molar-refractivity contribution in [1.29, 1.82) is 0 Å². The molecule has 0 spiro atoms. The number of aliphatic hydroxyl groups is 1. The number of rotatable bonds is 10. The lowest BCUT2D eigenvalue weighted by Crippen LogP contribution is -2.58. The lowest BCUT2D eigenvalue weighted by atomic mass is 9.90. The van der Waals surface area contributed by atoms with Crippen molar-refractivity contribution in [2.75, 3.05) is 39.3 Å².